The molecule has 0 saturated carbocycles. The summed E-state index contributed by atoms with van der Waals surface area (Å²) in [7, 11) is 1.58. The number of fused-ring (bicyclic) bond motifs is 2. The van der Waals surface area contributed by atoms with Crippen molar-refractivity contribution < 1.29 is 14.3 Å². The van der Waals surface area contributed by atoms with Crippen LogP contribution in [-0.2, 0) is 6.54 Å². The Hall–Kier alpha value is -2.37. The van der Waals surface area contributed by atoms with Crippen LogP contribution in [0.15, 0.2) is 45.6 Å². The molecule has 5 heteroatoms. The maximum absolute atomic E-state index is 12.7. The summed E-state index contributed by atoms with van der Waals surface area (Å²) >= 11 is 0. The highest BCUT2D eigenvalue weighted by Crippen LogP contribution is 2.24. The molecular weight excluding hydrogens is 294 g/mol. The van der Waals surface area contributed by atoms with Crippen molar-refractivity contribution in [2.75, 3.05) is 13.7 Å². The number of ether oxygens (including phenoxy) is 1. The number of hydrogen-bond acceptors (Lipinski definition) is 5. The van der Waals surface area contributed by atoms with Crippen LogP contribution < -0.4 is 15.5 Å². The number of nitrogens with one attached hydrogen (secondary N) is 1. The van der Waals surface area contributed by atoms with Crippen molar-refractivity contribution in [1.82, 2.24) is 5.32 Å². The van der Waals surface area contributed by atoms with Gasteiger partial charge in [-0.05, 0) is 25.1 Å². The van der Waals surface area contributed by atoms with E-state index in [1.54, 1.807) is 38.3 Å². The lowest BCUT2D eigenvalue weighted by molar-refractivity contribution is 0.191. The van der Waals surface area contributed by atoms with E-state index in [0.717, 1.165) is 5.56 Å². The van der Waals surface area contributed by atoms with Gasteiger partial charge in [0.15, 0.2) is 0 Å². The molecule has 2 aromatic carbocycles. The maximum atomic E-state index is 12.7. The summed E-state index contributed by atoms with van der Waals surface area (Å²) in [6.07, 6.45) is -0.429. The number of para-hydroxylation sites is 1. The molecule has 0 bridgehead atoms. The molecule has 0 aliphatic heterocycles. The van der Waals surface area contributed by atoms with E-state index in [1.165, 1.54) is 0 Å². The van der Waals surface area contributed by atoms with Gasteiger partial charge in [-0.15, -0.1) is 0 Å². The minimum Gasteiger partial charge on any atom is -0.497 e. The average Bonchev–Trinajstić information content (AvgIpc) is 2.55. The minimum absolute atomic E-state index is 0.0544. The van der Waals surface area contributed by atoms with E-state index >= 15 is 0 Å². The van der Waals surface area contributed by atoms with Crippen molar-refractivity contribution in [3.63, 3.8) is 0 Å². The molecule has 5 nitrogen and oxygen atoms in total. The summed E-state index contributed by atoms with van der Waals surface area (Å²) in [4.78, 5) is 12.7. The topological polar surface area (TPSA) is 71.7 Å². The number of aliphatic hydroxyl groups is 1. The Balaban J connectivity index is 2.13. The zero-order chi connectivity index (χ0) is 16.4. The molecule has 0 radical (unpaired) electrons. The lowest BCUT2D eigenvalue weighted by atomic mass is 10.1. The smallest absolute Gasteiger partial charge is 0.200 e. The summed E-state index contributed by atoms with van der Waals surface area (Å²) in [5.41, 5.74) is 1.90. The van der Waals surface area contributed by atoms with Crippen LogP contribution in [0.2, 0.25) is 0 Å². The van der Waals surface area contributed by atoms with Crippen LogP contribution in [0.5, 0.6) is 5.75 Å². The molecule has 0 saturated heterocycles. The monoisotopic (exact) mass is 313 g/mol. The molecule has 0 fully saturated rings. The first kappa shape index (κ1) is 15.5. The molecule has 0 unspecified atom stereocenters. The number of benzene rings is 2. The molecule has 120 valence electrons. The number of methoxy groups -OCH3 is 1. The zero-order valence-corrected chi connectivity index (χ0v) is 13.1. The Kier molecular flexibility index (Phi) is 4.32. The lowest BCUT2D eigenvalue weighted by Gasteiger charge is -2.10. The Morgan fingerprint density at radius 1 is 1.26 bits per heavy atom. The Labute approximate surface area is 133 Å². The molecule has 2 N–H and O–H groups in total. The number of hydrogen-bond donors (Lipinski definition) is 2. The van der Waals surface area contributed by atoms with E-state index in [2.05, 4.69) is 5.32 Å². The number of rotatable bonds is 5. The minimum atomic E-state index is -0.429. The Morgan fingerprint density at radius 3 is 2.83 bits per heavy atom. The third-order valence-corrected chi connectivity index (χ3v) is 3.74. The predicted octanol–water partition coefficient (Wildman–Crippen LogP) is 2.43. The summed E-state index contributed by atoms with van der Waals surface area (Å²) < 4.78 is 11.2. The van der Waals surface area contributed by atoms with Crippen LogP contribution in [0, 0.1) is 0 Å². The van der Waals surface area contributed by atoms with Crippen molar-refractivity contribution in [3.8, 4) is 5.75 Å². The quantitative estimate of drug-likeness (QED) is 0.708. The molecule has 3 rings (SSSR count). The summed E-state index contributed by atoms with van der Waals surface area (Å²) in [5, 5.41) is 13.6. The Bertz CT molecular complexity index is 899. The van der Waals surface area contributed by atoms with E-state index in [4.69, 9.17) is 9.15 Å². The van der Waals surface area contributed by atoms with Crippen LogP contribution in [0.3, 0.4) is 0 Å². The standard InChI is InChI=1S/C18H19NO4/c1-11(20)9-19-10-12-4-3-5-15-17(21)14-7-6-13(22-2)8-16(14)23-18(12)15/h3-8,11,19-20H,9-10H2,1-2H3/t11-/m0/s1. The largest absolute Gasteiger partial charge is 0.497 e. The van der Waals surface area contributed by atoms with Gasteiger partial charge < -0.3 is 19.6 Å². The summed E-state index contributed by atoms with van der Waals surface area (Å²) in [6.45, 7) is 2.71. The third kappa shape index (κ3) is 3.06. The van der Waals surface area contributed by atoms with Crippen molar-refractivity contribution in [2.24, 2.45) is 0 Å². The highest BCUT2D eigenvalue weighted by molar-refractivity contribution is 5.91. The summed E-state index contributed by atoms with van der Waals surface area (Å²) in [6, 6.07) is 10.7. The zero-order valence-electron chi connectivity index (χ0n) is 13.1. The fourth-order valence-corrected chi connectivity index (χ4v) is 2.60. The van der Waals surface area contributed by atoms with Crippen molar-refractivity contribution in [1.29, 1.82) is 0 Å². The maximum Gasteiger partial charge on any atom is 0.200 e. The van der Waals surface area contributed by atoms with Gasteiger partial charge in [0.25, 0.3) is 0 Å². The van der Waals surface area contributed by atoms with Gasteiger partial charge in [-0.2, -0.15) is 0 Å². The van der Waals surface area contributed by atoms with Crippen LogP contribution >= 0.6 is 0 Å². The fraction of sp³-hybridized carbons (Fsp3) is 0.278. The average molecular weight is 313 g/mol. The highest BCUT2D eigenvalue weighted by atomic mass is 16.5. The van der Waals surface area contributed by atoms with Crippen LogP contribution in [0.1, 0.15) is 12.5 Å². The lowest BCUT2D eigenvalue weighted by Crippen LogP contribution is -2.24. The molecule has 0 spiro atoms. The molecule has 1 aromatic heterocycles. The molecule has 0 aliphatic rings. The fourth-order valence-electron chi connectivity index (χ4n) is 2.60. The second kappa shape index (κ2) is 6.40. The van der Waals surface area contributed by atoms with Crippen LogP contribution in [0.25, 0.3) is 21.9 Å². The van der Waals surface area contributed by atoms with E-state index < -0.39 is 6.10 Å². The van der Waals surface area contributed by atoms with Crippen LogP contribution in [0.4, 0.5) is 0 Å². The first-order chi connectivity index (χ1) is 11.1. The molecular formula is C18H19NO4. The van der Waals surface area contributed by atoms with Crippen molar-refractivity contribution >= 4 is 21.9 Å². The second-order valence-corrected chi connectivity index (χ2v) is 5.57. The van der Waals surface area contributed by atoms with Gasteiger partial charge in [0.05, 0.1) is 24.0 Å². The van der Waals surface area contributed by atoms with Crippen molar-refractivity contribution in [3.05, 3.63) is 52.2 Å². The van der Waals surface area contributed by atoms with Gasteiger partial charge in [-0.1, -0.05) is 12.1 Å². The van der Waals surface area contributed by atoms with E-state index in [1.807, 2.05) is 12.1 Å². The second-order valence-electron chi connectivity index (χ2n) is 5.57. The van der Waals surface area contributed by atoms with Crippen LogP contribution in [-0.4, -0.2) is 24.9 Å². The molecule has 23 heavy (non-hydrogen) atoms. The predicted molar refractivity (Wildman–Crippen MR) is 89.9 cm³/mol. The Morgan fingerprint density at radius 2 is 2.09 bits per heavy atom. The SMILES string of the molecule is COc1ccc2c(=O)c3cccc(CNC[C@H](C)O)c3oc2c1. The molecule has 1 heterocycles. The van der Waals surface area contributed by atoms with Gasteiger partial charge in [0.1, 0.15) is 16.9 Å². The van der Waals surface area contributed by atoms with Gasteiger partial charge in [0, 0.05) is 24.7 Å². The van der Waals surface area contributed by atoms with E-state index in [9.17, 15) is 9.90 Å². The molecule has 0 aliphatic carbocycles. The van der Waals surface area contributed by atoms with E-state index in [0.29, 0.717) is 40.8 Å². The van der Waals surface area contributed by atoms with E-state index in [-0.39, 0.29) is 5.43 Å². The van der Waals surface area contributed by atoms with Crippen molar-refractivity contribution in [2.45, 2.75) is 19.6 Å². The normalized spacial score (nSPS) is 12.7. The van der Waals surface area contributed by atoms with Gasteiger partial charge in [-0.25, -0.2) is 0 Å². The van der Waals surface area contributed by atoms with Gasteiger partial charge in [0.2, 0.25) is 5.43 Å². The van der Waals surface area contributed by atoms with Gasteiger partial charge >= 0.3 is 0 Å². The number of aliphatic hydroxyl groups excluding tert-OH is 1. The summed E-state index contributed by atoms with van der Waals surface area (Å²) in [5.74, 6) is 0.643. The molecule has 3 aromatic rings. The molecule has 0 amide bonds. The molecule has 1 atom stereocenters. The first-order valence-electron chi connectivity index (χ1n) is 7.51. The van der Waals surface area contributed by atoms with Gasteiger partial charge in [-0.3, -0.25) is 4.79 Å². The third-order valence-electron chi connectivity index (χ3n) is 3.74. The first-order valence-corrected chi connectivity index (χ1v) is 7.51. The highest BCUT2D eigenvalue weighted by Gasteiger charge is 2.11.